The number of hydrogen-bond donors (Lipinski definition) is 1. The first kappa shape index (κ1) is 23.8. The zero-order chi connectivity index (χ0) is 25.6. The van der Waals surface area contributed by atoms with Gasteiger partial charge in [-0.2, -0.15) is 0 Å². The summed E-state index contributed by atoms with van der Waals surface area (Å²) in [6.45, 7) is 0.932. The average molecular weight is 508 g/mol. The number of aliphatic hydroxyl groups excluding tert-OH is 1. The summed E-state index contributed by atoms with van der Waals surface area (Å²) in [5, 5.41) is 17.7. The van der Waals surface area contributed by atoms with E-state index in [0.29, 0.717) is 19.3 Å². The number of para-hydroxylation sites is 1. The second kappa shape index (κ2) is 9.38. The Morgan fingerprint density at radius 2 is 1.97 bits per heavy atom. The summed E-state index contributed by atoms with van der Waals surface area (Å²) in [5.41, 5.74) is 0.219. The molecule has 194 valence electrons. The average Bonchev–Trinajstić information content (AvgIpc) is 3.47. The van der Waals surface area contributed by atoms with Gasteiger partial charge in [-0.25, -0.2) is 4.68 Å². The fourth-order valence-corrected chi connectivity index (χ4v) is 6.10. The number of aliphatic hydroxyl groups is 1. The Balaban J connectivity index is 1.38. The molecule has 11 nitrogen and oxygen atoms in total. The molecule has 1 spiro atoms. The molecule has 1 unspecified atom stereocenters. The lowest BCUT2D eigenvalue weighted by Crippen LogP contribution is -2.55. The smallest absolute Gasteiger partial charge is 0.312 e. The number of benzene rings is 1. The van der Waals surface area contributed by atoms with Gasteiger partial charge in [-0.15, -0.1) is 5.10 Å². The van der Waals surface area contributed by atoms with Gasteiger partial charge in [0.1, 0.15) is 29.7 Å². The van der Waals surface area contributed by atoms with Crippen molar-refractivity contribution in [3.8, 4) is 0 Å². The van der Waals surface area contributed by atoms with Gasteiger partial charge in [-0.1, -0.05) is 41.7 Å². The molecule has 2 amide bonds. The predicted octanol–water partition coefficient (Wildman–Crippen LogP) is 0.644. The van der Waals surface area contributed by atoms with Gasteiger partial charge in [0.05, 0.1) is 24.1 Å². The Labute approximate surface area is 213 Å². The van der Waals surface area contributed by atoms with Crippen molar-refractivity contribution in [3.63, 3.8) is 0 Å². The fourth-order valence-electron chi connectivity index (χ4n) is 6.10. The number of nitrogens with zero attached hydrogens (tertiary/aromatic N) is 5. The van der Waals surface area contributed by atoms with Crippen molar-refractivity contribution in [3.05, 3.63) is 48.6 Å². The number of cyclic esters (lactones) is 1. The van der Waals surface area contributed by atoms with Crippen molar-refractivity contribution in [2.75, 3.05) is 26.3 Å². The molecule has 0 radical (unpaired) electrons. The highest BCUT2D eigenvalue weighted by molar-refractivity contribution is 5.99. The minimum absolute atomic E-state index is 0.0149. The highest BCUT2D eigenvalue weighted by Gasteiger charge is 2.71. The lowest BCUT2D eigenvalue weighted by molar-refractivity contribution is -0.155. The number of esters is 1. The normalized spacial score (nSPS) is 31.1. The van der Waals surface area contributed by atoms with Crippen LogP contribution < -0.4 is 0 Å². The van der Waals surface area contributed by atoms with Crippen LogP contribution >= 0.6 is 0 Å². The third-order valence-electron chi connectivity index (χ3n) is 7.74. The van der Waals surface area contributed by atoms with Gasteiger partial charge >= 0.3 is 5.97 Å². The zero-order valence-electron chi connectivity index (χ0n) is 20.3. The topological polar surface area (TPSA) is 127 Å². The quantitative estimate of drug-likeness (QED) is 0.343. The van der Waals surface area contributed by atoms with E-state index in [1.807, 2.05) is 42.5 Å². The molecule has 37 heavy (non-hydrogen) atoms. The van der Waals surface area contributed by atoms with Crippen LogP contribution in [0.15, 0.2) is 48.6 Å². The van der Waals surface area contributed by atoms with Crippen LogP contribution in [0.3, 0.4) is 0 Å². The fraction of sp³-hybridized carbons (Fsp3) is 0.500. The number of amides is 2. The molecule has 5 atom stereocenters. The molecule has 1 aromatic heterocycles. The van der Waals surface area contributed by atoms with Crippen molar-refractivity contribution in [1.82, 2.24) is 24.8 Å². The van der Waals surface area contributed by atoms with Gasteiger partial charge < -0.3 is 24.4 Å². The van der Waals surface area contributed by atoms with Crippen molar-refractivity contribution < 1.29 is 29.0 Å². The Morgan fingerprint density at radius 3 is 2.84 bits per heavy atom. The Morgan fingerprint density at radius 1 is 1.11 bits per heavy atom. The summed E-state index contributed by atoms with van der Waals surface area (Å²) in [5.74, 6) is -2.77. The second-order valence-electron chi connectivity index (χ2n) is 9.87. The summed E-state index contributed by atoms with van der Waals surface area (Å²) in [6.07, 6.45) is 8.26. The molecule has 0 bridgehead atoms. The van der Waals surface area contributed by atoms with Crippen LogP contribution in [0.1, 0.15) is 19.3 Å². The number of carbonyl (C=O) groups excluding carboxylic acids is 3. The number of rotatable bonds is 6. The summed E-state index contributed by atoms with van der Waals surface area (Å²) in [6, 6.07) is 6.55. The Bertz CT molecular complexity index is 1290. The predicted molar refractivity (Wildman–Crippen MR) is 130 cm³/mol. The van der Waals surface area contributed by atoms with E-state index in [4.69, 9.17) is 9.47 Å². The molecule has 4 aliphatic heterocycles. The Hall–Kier alpha value is -3.57. The van der Waals surface area contributed by atoms with Crippen molar-refractivity contribution in [1.29, 1.82) is 0 Å². The molecule has 11 heteroatoms. The summed E-state index contributed by atoms with van der Waals surface area (Å²) >= 11 is 0. The van der Waals surface area contributed by atoms with E-state index in [-0.39, 0.29) is 44.8 Å². The van der Waals surface area contributed by atoms with Gasteiger partial charge in [0.25, 0.3) is 5.91 Å². The Kier molecular flexibility index (Phi) is 6.04. The standard InChI is InChI=1S/C26H29N5O6/c32-14-5-4-13-30-22-24(34)29(16-31-18-9-2-1-8-17(18)27-28-31)12-7-11-26(22)21(23(30)33)20-19(37-26)10-3-6-15-36-25(20)35/h1-3,7-11,19-22,32H,4-6,12-16H2/t19-,20+,21+,22?,26+/m1/s1. The highest BCUT2D eigenvalue weighted by atomic mass is 16.6. The number of carbonyl (C=O) groups is 3. The van der Waals surface area contributed by atoms with Gasteiger partial charge in [-0.05, 0) is 31.4 Å². The molecule has 2 saturated heterocycles. The molecular formula is C26H29N5O6. The molecule has 1 N–H and O–H groups in total. The molecule has 2 fully saturated rings. The van der Waals surface area contributed by atoms with Crippen LogP contribution in [-0.4, -0.2) is 91.7 Å². The van der Waals surface area contributed by atoms with E-state index in [0.717, 1.165) is 11.0 Å². The maximum absolute atomic E-state index is 14.2. The van der Waals surface area contributed by atoms with E-state index in [1.165, 1.54) is 4.90 Å². The van der Waals surface area contributed by atoms with E-state index >= 15 is 0 Å². The number of likely N-dealkylation sites (tertiary alicyclic amines) is 1. The van der Waals surface area contributed by atoms with Crippen molar-refractivity contribution >= 4 is 28.8 Å². The number of unbranched alkanes of at least 4 members (excludes halogenated alkanes) is 1. The van der Waals surface area contributed by atoms with Gasteiger partial charge in [0.2, 0.25) is 5.91 Å². The van der Waals surface area contributed by atoms with Gasteiger partial charge in [0, 0.05) is 19.7 Å². The third kappa shape index (κ3) is 3.75. The molecular weight excluding hydrogens is 478 g/mol. The molecule has 6 rings (SSSR count). The molecule has 0 saturated carbocycles. The van der Waals surface area contributed by atoms with E-state index in [2.05, 4.69) is 10.3 Å². The molecule has 4 aliphatic rings. The van der Waals surface area contributed by atoms with Crippen LogP contribution in [0, 0.1) is 11.8 Å². The highest BCUT2D eigenvalue weighted by Crippen LogP contribution is 2.53. The molecule has 5 heterocycles. The largest absolute Gasteiger partial charge is 0.465 e. The van der Waals surface area contributed by atoms with Crippen LogP contribution in [0.2, 0.25) is 0 Å². The number of hydrogen-bond acceptors (Lipinski definition) is 8. The first-order chi connectivity index (χ1) is 18.0. The van der Waals surface area contributed by atoms with Crippen molar-refractivity contribution in [2.24, 2.45) is 11.8 Å². The minimum Gasteiger partial charge on any atom is -0.465 e. The van der Waals surface area contributed by atoms with Crippen molar-refractivity contribution in [2.45, 2.75) is 43.7 Å². The maximum atomic E-state index is 14.2. The first-order valence-corrected chi connectivity index (χ1v) is 12.7. The molecule has 2 aromatic rings. The summed E-state index contributed by atoms with van der Waals surface area (Å²) in [7, 11) is 0. The van der Waals surface area contributed by atoms with Crippen LogP contribution in [0.4, 0.5) is 0 Å². The first-order valence-electron chi connectivity index (χ1n) is 12.7. The third-order valence-corrected chi connectivity index (χ3v) is 7.74. The zero-order valence-corrected chi connectivity index (χ0v) is 20.3. The van der Waals surface area contributed by atoms with Crippen LogP contribution in [0.5, 0.6) is 0 Å². The minimum atomic E-state index is -1.30. The maximum Gasteiger partial charge on any atom is 0.312 e. The SMILES string of the molecule is O=C1OCCC=C[C@H]2O[C@]34C=CCN(Cn5nnc6ccccc65)C(=O)C3N(CCCCO)C(=O)[C@@H]4[C@@H]12. The van der Waals surface area contributed by atoms with E-state index in [9.17, 15) is 19.5 Å². The summed E-state index contributed by atoms with van der Waals surface area (Å²) in [4.78, 5) is 44.4. The van der Waals surface area contributed by atoms with E-state index in [1.54, 1.807) is 15.7 Å². The summed E-state index contributed by atoms with van der Waals surface area (Å²) < 4.78 is 13.6. The number of ether oxygens (including phenoxy) is 2. The lowest BCUT2D eigenvalue weighted by atomic mass is 9.78. The lowest BCUT2D eigenvalue weighted by Gasteiger charge is -2.35. The second-order valence-corrected chi connectivity index (χ2v) is 9.87. The monoisotopic (exact) mass is 507 g/mol. The molecule has 1 aromatic carbocycles. The van der Waals surface area contributed by atoms with Gasteiger partial charge in [0.15, 0.2) is 0 Å². The molecule has 0 aliphatic carbocycles. The van der Waals surface area contributed by atoms with Crippen LogP contribution in [0.25, 0.3) is 11.0 Å². The number of fused-ring (bicyclic) bond motifs is 3. The van der Waals surface area contributed by atoms with Gasteiger partial charge in [-0.3, -0.25) is 14.4 Å². The number of aromatic nitrogens is 3. The van der Waals surface area contributed by atoms with E-state index < -0.39 is 35.6 Å². The van der Waals surface area contributed by atoms with Crippen LogP contribution in [-0.2, 0) is 30.5 Å².